The molecule has 110 valence electrons. The van der Waals surface area contributed by atoms with Crippen LogP contribution in [0, 0.1) is 11.3 Å². The monoisotopic (exact) mass is 293 g/mol. The Kier molecular flexibility index (Phi) is 3.83. The molecule has 1 aromatic carbocycles. The Morgan fingerprint density at radius 2 is 2.20 bits per heavy atom. The van der Waals surface area contributed by atoms with Gasteiger partial charge in [-0.3, -0.25) is 0 Å². The van der Waals surface area contributed by atoms with Crippen molar-refractivity contribution in [1.29, 1.82) is 0 Å². The van der Waals surface area contributed by atoms with Crippen LogP contribution in [0.5, 0.6) is 0 Å². The van der Waals surface area contributed by atoms with Crippen molar-refractivity contribution in [3.05, 3.63) is 34.3 Å². The van der Waals surface area contributed by atoms with E-state index in [1.54, 1.807) is 0 Å². The van der Waals surface area contributed by atoms with E-state index >= 15 is 0 Å². The second-order valence-corrected chi connectivity index (χ2v) is 7.46. The largest absolute Gasteiger partial charge is 0.381 e. The number of hydrogen-bond donors (Lipinski definition) is 1. The van der Waals surface area contributed by atoms with Crippen molar-refractivity contribution >= 4 is 11.6 Å². The van der Waals surface area contributed by atoms with Crippen molar-refractivity contribution in [3.63, 3.8) is 0 Å². The number of rotatable bonds is 3. The lowest BCUT2D eigenvalue weighted by Crippen LogP contribution is -2.41. The van der Waals surface area contributed by atoms with Crippen molar-refractivity contribution in [2.45, 2.75) is 45.7 Å². The zero-order chi connectivity index (χ0) is 14.3. The average molecular weight is 294 g/mol. The van der Waals surface area contributed by atoms with Gasteiger partial charge in [0.1, 0.15) is 0 Å². The Morgan fingerprint density at radius 1 is 1.40 bits per heavy atom. The normalized spacial score (nSPS) is 29.4. The lowest BCUT2D eigenvalue weighted by Gasteiger charge is -2.33. The third-order valence-corrected chi connectivity index (χ3v) is 5.18. The van der Waals surface area contributed by atoms with Gasteiger partial charge >= 0.3 is 0 Å². The molecule has 0 radical (unpaired) electrons. The molecule has 1 N–H and O–H groups in total. The molecule has 0 amide bonds. The molecule has 0 bridgehead atoms. The van der Waals surface area contributed by atoms with Gasteiger partial charge in [-0.15, -0.1) is 0 Å². The maximum Gasteiger partial charge on any atom is 0.0509 e. The van der Waals surface area contributed by atoms with Crippen LogP contribution in [-0.2, 0) is 11.2 Å². The van der Waals surface area contributed by atoms with Crippen LogP contribution < -0.4 is 5.32 Å². The van der Waals surface area contributed by atoms with Crippen LogP contribution in [0.1, 0.15) is 44.4 Å². The molecule has 20 heavy (non-hydrogen) atoms. The van der Waals surface area contributed by atoms with Crippen LogP contribution in [0.3, 0.4) is 0 Å². The number of hydrogen-bond acceptors (Lipinski definition) is 2. The van der Waals surface area contributed by atoms with Crippen LogP contribution in [0.4, 0.5) is 0 Å². The molecule has 3 unspecified atom stereocenters. The van der Waals surface area contributed by atoms with Gasteiger partial charge in [-0.25, -0.2) is 0 Å². The van der Waals surface area contributed by atoms with E-state index in [1.165, 1.54) is 17.5 Å². The summed E-state index contributed by atoms with van der Waals surface area (Å²) in [6.07, 6.45) is 2.29. The number of fused-ring (bicyclic) bond motifs is 1. The molecule has 1 aromatic rings. The van der Waals surface area contributed by atoms with Gasteiger partial charge < -0.3 is 10.1 Å². The summed E-state index contributed by atoms with van der Waals surface area (Å²) in [6.45, 7) is 8.78. The first-order chi connectivity index (χ1) is 9.47. The fraction of sp³-hybridized carbons (Fsp3) is 0.647. The van der Waals surface area contributed by atoms with E-state index in [1.807, 2.05) is 6.07 Å². The molecule has 0 aromatic heterocycles. The highest BCUT2D eigenvalue weighted by Gasteiger charge is 2.40. The summed E-state index contributed by atoms with van der Waals surface area (Å²) >= 11 is 6.20. The van der Waals surface area contributed by atoms with E-state index in [0.29, 0.717) is 18.0 Å². The molecule has 1 aliphatic heterocycles. The zero-order valence-electron chi connectivity index (χ0n) is 12.6. The Labute approximate surface area is 126 Å². The van der Waals surface area contributed by atoms with Gasteiger partial charge in [0.25, 0.3) is 0 Å². The van der Waals surface area contributed by atoms with Gasteiger partial charge in [0, 0.05) is 23.7 Å². The van der Waals surface area contributed by atoms with Crippen LogP contribution in [0.25, 0.3) is 0 Å². The third kappa shape index (κ3) is 2.61. The van der Waals surface area contributed by atoms with Gasteiger partial charge in [0.15, 0.2) is 0 Å². The van der Waals surface area contributed by atoms with Gasteiger partial charge in [0.05, 0.1) is 6.61 Å². The number of nitrogens with one attached hydrogen (secondary N) is 1. The smallest absolute Gasteiger partial charge is 0.0509 e. The summed E-state index contributed by atoms with van der Waals surface area (Å²) in [5.41, 5.74) is 3.06. The molecule has 1 aliphatic carbocycles. The molecule has 3 rings (SSSR count). The first-order valence-corrected chi connectivity index (χ1v) is 7.97. The fourth-order valence-electron chi connectivity index (χ4n) is 3.67. The Balaban J connectivity index is 1.82. The second kappa shape index (κ2) is 5.32. The topological polar surface area (TPSA) is 21.3 Å². The summed E-state index contributed by atoms with van der Waals surface area (Å²) < 4.78 is 5.52. The molecular weight excluding hydrogens is 270 g/mol. The molecular formula is C17H24ClNO. The van der Waals surface area contributed by atoms with Crippen molar-refractivity contribution in [1.82, 2.24) is 5.32 Å². The molecule has 3 atom stereocenters. The summed E-state index contributed by atoms with van der Waals surface area (Å²) in [6, 6.07) is 7.19. The standard InChI is InChI=1S/C17H24ClNO/c1-11(13-6-7-20-10-13)19-16-15-8-14(18)5-4-12(15)9-17(16,2)3/h4-5,8,11,13,16,19H,6-7,9-10H2,1-3H3. The van der Waals surface area contributed by atoms with Crippen molar-refractivity contribution in [2.24, 2.45) is 11.3 Å². The first kappa shape index (κ1) is 14.4. The summed E-state index contributed by atoms with van der Waals surface area (Å²) in [5.74, 6) is 0.633. The molecule has 2 nitrogen and oxygen atoms in total. The molecule has 1 fully saturated rings. The lowest BCUT2D eigenvalue weighted by atomic mass is 9.84. The maximum absolute atomic E-state index is 6.20. The lowest BCUT2D eigenvalue weighted by molar-refractivity contribution is 0.168. The highest BCUT2D eigenvalue weighted by molar-refractivity contribution is 6.30. The highest BCUT2D eigenvalue weighted by atomic mass is 35.5. The summed E-state index contributed by atoms with van der Waals surface area (Å²) in [4.78, 5) is 0. The molecule has 2 aliphatic rings. The number of ether oxygens (including phenoxy) is 1. The zero-order valence-corrected chi connectivity index (χ0v) is 13.3. The predicted molar refractivity (Wildman–Crippen MR) is 83.2 cm³/mol. The van der Waals surface area contributed by atoms with Crippen LogP contribution in [-0.4, -0.2) is 19.3 Å². The van der Waals surface area contributed by atoms with Crippen LogP contribution >= 0.6 is 11.6 Å². The maximum atomic E-state index is 6.20. The third-order valence-electron chi connectivity index (χ3n) is 4.95. The molecule has 1 heterocycles. The SMILES string of the molecule is CC(NC1c2cc(Cl)ccc2CC1(C)C)C1CCOC1. The van der Waals surface area contributed by atoms with Crippen molar-refractivity contribution in [2.75, 3.05) is 13.2 Å². The van der Waals surface area contributed by atoms with Crippen LogP contribution in [0.15, 0.2) is 18.2 Å². The number of benzene rings is 1. The molecule has 1 saturated heterocycles. The minimum atomic E-state index is 0.237. The van der Waals surface area contributed by atoms with E-state index in [4.69, 9.17) is 16.3 Å². The van der Waals surface area contributed by atoms with Gasteiger partial charge in [0.2, 0.25) is 0 Å². The minimum absolute atomic E-state index is 0.237. The fourth-order valence-corrected chi connectivity index (χ4v) is 3.85. The van der Waals surface area contributed by atoms with E-state index < -0.39 is 0 Å². The van der Waals surface area contributed by atoms with Crippen molar-refractivity contribution < 1.29 is 4.74 Å². The van der Waals surface area contributed by atoms with E-state index in [-0.39, 0.29) is 5.41 Å². The first-order valence-electron chi connectivity index (χ1n) is 7.59. The van der Waals surface area contributed by atoms with Gasteiger partial charge in [-0.05, 0) is 54.4 Å². The molecule has 3 heteroatoms. The van der Waals surface area contributed by atoms with Crippen molar-refractivity contribution in [3.8, 4) is 0 Å². The summed E-state index contributed by atoms with van der Waals surface area (Å²) in [5, 5.41) is 4.69. The van der Waals surface area contributed by atoms with Gasteiger partial charge in [-0.2, -0.15) is 0 Å². The Bertz CT molecular complexity index is 494. The average Bonchev–Trinajstić information content (AvgIpc) is 2.98. The predicted octanol–water partition coefficient (Wildman–Crippen LogP) is 3.98. The molecule has 0 saturated carbocycles. The van der Waals surface area contributed by atoms with Crippen LogP contribution in [0.2, 0.25) is 5.02 Å². The highest BCUT2D eigenvalue weighted by Crippen LogP contribution is 2.46. The van der Waals surface area contributed by atoms with E-state index in [9.17, 15) is 0 Å². The second-order valence-electron chi connectivity index (χ2n) is 7.02. The van der Waals surface area contributed by atoms with E-state index in [2.05, 4.69) is 38.2 Å². The number of halogens is 1. The van der Waals surface area contributed by atoms with Gasteiger partial charge in [-0.1, -0.05) is 31.5 Å². The Hall–Kier alpha value is -0.570. The summed E-state index contributed by atoms with van der Waals surface area (Å²) in [7, 11) is 0. The van der Waals surface area contributed by atoms with E-state index in [0.717, 1.165) is 24.7 Å². The molecule has 0 spiro atoms. The Morgan fingerprint density at radius 3 is 2.90 bits per heavy atom. The minimum Gasteiger partial charge on any atom is -0.381 e. The quantitative estimate of drug-likeness (QED) is 0.910.